The number of carbonyl (C=O) groups excluding carboxylic acids is 2. The first kappa shape index (κ1) is 30.0. The van der Waals surface area contributed by atoms with Crippen molar-refractivity contribution in [3.63, 3.8) is 0 Å². The molecule has 0 spiro atoms. The van der Waals surface area contributed by atoms with E-state index in [0.29, 0.717) is 33.8 Å². The number of carbonyl (C=O) groups is 2. The second-order valence-electron chi connectivity index (χ2n) is 10.5. The van der Waals surface area contributed by atoms with Gasteiger partial charge in [-0.1, -0.05) is 30.3 Å². The van der Waals surface area contributed by atoms with Crippen LogP contribution in [0, 0.1) is 6.92 Å². The van der Waals surface area contributed by atoms with E-state index in [2.05, 4.69) is 5.43 Å². The first-order valence-corrected chi connectivity index (χ1v) is 13.2. The van der Waals surface area contributed by atoms with Crippen molar-refractivity contribution in [2.45, 2.75) is 39.9 Å². The molecular formula is C32H34N2O8. The second kappa shape index (κ2) is 12.3. The van der Waals surface area contributed by atoms with Crippen molar-refractivity contribution in [2.24, 2.45) is 0 Å². The fraction of sp³-hybridized carbons (Fsp3) is 0.281. The van der Waals surface area contributed by atoms with E-state index in [1.165, 1.54) is 21.3 Å². The number of fused-ring (bicyclic) bond motifs is 1. The number of methoxy groups -OCH3 is 3. The van der Waals surface area contributed by atoms with Gasteiger partial charge >= 0.3 is 12.1 Å². The molecule has 0 radical (unpaired) electrons. The van der Waals surface area contributed by atoms with Crippen LogP contribution in [0.5, 0.6) is 17.2 Å². The summed E-state index contributed by atoms with van der Waals surface area (Å²) in [7, 11) is 4.23. The third-order valence-corrected chi connectivity index (χ3v) is 6.42. The Labute approximate surface area is 243 Å². The molecule has 1 aromatic heterocycles. The van der Waals surface area contributed by atoms with Crippen LogP contribution in [0.15, 0.2) is 65.5 Å². The van der Waals surface area contributed by atoms with E-state index < -0.39 is 23.2 Å². The smallest absolute Gasteiger partial charge is 0.427 e. The van der Waals surface area contributed by atoms with E-state index in [4.69, 9.17) is 23.7 Å². The van der Waals surface area contributed by atoms with Gasteiger partial charge in [0.2, 0.25) is 0 Å². The van der Waals surface area contributed by atoms with Crippen molar-refractivity contribution in [2.75, 3.05) is 26.8 Å². The summed E-state index contributed by atoms with van der Waals surface area (Å²) in [6, 6.07) is 18.0. The fourth-order valence-corrected chi connectivity index (χ4v) is 4.52. The van der Waals surface area contributed by atoms with Gasteiger partial charge in [0.25, 0.3) is 5.56 Å². The second-order valence-corrected chi connectivity index (χ2v) is 10.5. The largest absolute Gasteiger partial charge is 0.496 e. The highest BCUT2D eigenvalue weighted by molar-refractivity contribution is 6.07. The third kappa shape index (κ3) is 6.33. The predicted molar refractivity (Wildman–Crippen MR) is 159 cm³/mol. The van der Waals surface area contributed by atoms with E-state index >= 15 is 0 Å². The molecule has 10 nitrogen and oxygen atoms in total. The van der Waals surface area contributed by atoms with E-state index in [-0.39, 0.29) is 17.7 Å². The molecule has 0 aliphatic heterocycles. The van der Waals surface area contributed by atoms with Crippen LogP contribution >= 0.6 is 0 Å². The molecule has 42 heavy (non-hydrogen) atoms. The highest BCUT2D eigenvalue weighted by Crippen LogP contribution is 2.39. The Morgan fingerprint density at radius 1 is 0.881 bits per heavy atom. The quantitative estimate of drug-likeness (QED) is 0.261. The standard InChI is InChI=1S/C32H34N2O8/c1-19-25(38-5)15-21(16-26(19)39-6)27-23-14-13-22(41-18-20-11-9-8-10-12-20)17-24(23)29(35)34(28(27)30(36)40-7)33-31(37)42-32(2,3)4/h8-17H,18H2,1-7H3,(H,33,37). The van der Waals surface area contributed by atoms with E-state index in [1.54, 1.807) is 51.1 Å². The number of nitrogens with one attached hydrogen (secondary N) is 1. The fourth-order valence-electron chi connectivity index (χ4n) is 4.52. The Bertz CT molecular complexity index is 1660. The van der Waals surface area contributed by atoms with E-state index in [1.807, 2.05) is 37.3 Å². The lowest BCUT2D eigenvalue weighted by Crippen LogP contribution is -2.40. The topological polar surface area (TPSA) is 114 Å². The van der Waals surface area contributed by atoms with Gasteiger partial charge in [0.15, 0.2) is 5.69 Å². The Kier molecular flexibility index (Phi) is 8.75. The molecule has 0 bridgehead atoms. The summed E-state index contributed by atoms with van der Waals surface area (Å²) in [5.41, 5.74) is 3.15. The molecule has 1 N–H and O–H groups in total. The molecule has 4 aromatic rings. The first-order chi connectivity index (χ1) is 20.0. The number of nitrogens with zero attached hydrogens (tertiary/aromatic N) is 1. The van der Waals surface area contributed by atoms with Crippen LogP contribution in [0.25, 0.3) is 21.9 Å². The van der Waals surface area contributed by atoms with Crippen molar-refractivity contribution < 1.29 is 33.3 Å². The average molecular weight is 575 g/mol. The first-order valence-electron chi connectivity index (χ1n) is 13.2. The van der Waals surface area contributed by atoms with E-state index in [9.17, 15) is 14.4 Å². The summed E-state index contributed by atoms with van der Waals surface area (Å²) in [6.45, 7) is 7.16. The van der Waals surface area contributed by atoms with Crippen LogP contribution in [-0.2, 0) is 16.1 Å². The zero-order valence-electron chi connectivity index (χ0n) is 24.7. The number of amides is 1. The molecule has 0 saturated carbocycles. The molecule has 0 atom stereocenters. The molecule has 0 fully saturated rings. The summed E-state index contributed by atoms with van der Waals surface area (Å²) in [4.78, 5) is 40.2. The minimum atomic E-state index is -0.935. The van der Waals surface area contributed by atoms with Crippen molar-refractivity contribution in [1.29, 1.82) is 0 Å². The summed E-state index contributed by atoms with van der Waals surface area (Å²) in [5.74, 6) is 0.550. The molecule has 4 rings (SSSR count). The SMILES string of the molecule is COC(=O)c1c(-c2cc(OC)c(C)c(OC)c2)c2ccc(OCc3ccccc3)cc2c(=O)n1NC(=O)OC(C)(C)C. The third-order valence-electron chi connectivity index (χ3n) is 6.42. The lowest BCUT2D eigenvalue weighted by atomic mass is 9.95. The molecule has 1 amide bonds. The minimum Gasteiger partial charge on any atom is -0.496 e. The van der Waals surface area contributed by atoms with Crippen LogP contribution in [0.4, 0.5) is 4.79 Å². The Balaban J connectivity index is 2.02. The summed E-state index contributed by atoms with van der Waals surface area (Å²) in [5, 5.41) is 0.598. The lowest BCUT2D eigenvalue weighted by molar-refractivity contribution is 0.0580. The van der Waals surface area contributed by atoms with Gasteiger partial charge in [-0.15, -0.1) is 0 Å². The number of benzene rings is 3. The molecule has 10 heteroatoms. The maximum Gasteiger partial charge on any atom is 0.427 e. The van der Waals surface area contributed by atoms with Gasteiger partial charge in [-0.2, -0.15) is 0 Å². The monoisotopic (exact) mass is 574 g/mol. The normalized spacial score (nSPS) is 11.1. The van der Waals surface area contributed by atoms with Gasteiger partial charge < -0.3 is 23.7 Å². The van der Waals surface area contributed by atoms with Gasteiger partial charge in [0, 0.05) is 11.1 Å². The summed E-state index contributed by atoms with van der Waals surface area (Å²) >= 11 is 0. The van der Waals surface area contributed by atoms with E-state index in [0.717, 1.165) is 15.8 Å². The molecule has 1 heterocycles. The Morgan fingerprint density at radius 2 is 1.52 bits per heavy atom. The molecule has 0 aliphatic carbocycles. The average Bonchev–Trinajstić information content (AvgIpc) is 2.96. The van der Waals surface area contributed by atoms with Crippen molar-refractivity contribution >= 4 is 22.8 Å². The number of ether oxygens (including phenoxy) is 5. The zero-order valence-corrected chi connectivity index (χ0v) is 24.7. The van der Waals surface area contributed by atoms with Crippen molar-refractivity contribution in [3.8, 4) is 28.4 Å². The van der Waals surface area contributed by atoms with Crippen LogP contribution in [-0.4, -0.2) is 43.7 Å². The number of esters is 1. The van der Waals surface area contributed by atoms with Crippen LogP contribution in [0.3, 0.4) is 0 Å². The van der Waals surface area contributed by atoms with Crippen molar-refractivity contribution in [1.82, 2.24) is 4.68 Å². The number of rotatable bonds is 8. The van der Waals surface area contributed by atoms with Gasteiger partial charge in [0.05, 0.1) is 26.7 Å². The Hall–Kier alpha value is -4.99. The lowest BCUT2D eigenvalue weighted by Gasteiger charge is -2.23. The van der Waals surface area contributed by atoms with Gasteiger partial charge in [-0.25, -0.2) is 19.7 Å². The summed E-state index contributed by atoms with van der Waals surface area (Å²) < 4.78 is 28.5. The highest BCUT2D eigenvalue weighted by atomic mass is 16.6. The minimum absolute atomic E-state index is 0.179. The predicted octanol–water partition coefficient (Wildman–Crippen LogP) is 5.84. The molecule has 0 aliphatic rings. The molecule has 0 unspecified atom stereocenters. The van der Waals surface area contributed by atoms with Crippen LogP contribution in [0.1, 0.15) is 42.4 Å². The van der Waals surface area contributed by atoms with Crippen LogP contribution < -0.4 is 25.2 Å². The Morgan fingerprint density at radius 3 is 2.10 bits per heavy atom. The molecule has 220 valence electrons. The number of pyridine rings is 1. The zero-order chi connectivity index (χ0) is 30.6. The van der Waals surface area contributed by atoms with Gasteiger partial charge in [0.1, 0.15) is 29.5 Å². The van der Waals surface area contributed by atoms with Gasteiger partial charge in [-0.3, -0.25) is 4.79 Å². The summed E-state index contributed by atoms with van der Waals surface area (Å²) in [6.07, 6.45) is -0.935. The molecular weight excluding hydrogens is 540 g/mol. The number of aromatic nitrogens is 1. The van der Waals surface area contributed by atoms with Gasteiger partial charge in [-0.05, 0) is 74.5 Å². The van der Waals surface area contributed by atoms with Crippen molar-refractivity contribution in [3.05, 3.63) is 87.8 Å². The molecule has 0 saturated heterocycles. The highest BCUT2D eigenvalue weighted by Gasteiger charge is 2.28. The maximum absolute atomic E-state index is 14.0. The number of hydrogen-bond donors (Lipinski definition) is 1. The molecule has 3 aromatic carbocycles. The number of hydrogen-bond acceptors (Lipinski definition) is 8. The maximum atomic E-state index is 14.0. The van der Waals surface area contributed by atoms with Crippen LogP contribution in [0.2, 0.25) is 0 Å².